The van der Waals surface area contributed by atoms with E-state index in [9.17, 15) is 0 Å². The van der Waals surface area contributed by atoms with Crippen molar-refractivity contribution in [3.05, 3.63) is 135 Å². The zero-order chi connectivity index (χ0) is 21.5. The van der Waals surface area contributed by atoms with Gasteiger partial charge in [0.05, 0.1) is 0 Å². The van der Waals surface area contributed by atoms with Crippen molar-refractivity contribution in [2.75, 3.05) is 0 Å². The molecule has 0 aliphatic rings. The topological polar surface area (TPSA) is 0 Å². The van der Waals surface area contributed by atoms with Crippen molar-refractivity contribution in [2.45, 2.75) is 0 Å². The van der Waals surface area contributed by atoms with Crippen LogP contribution in [0.1, 0.15) is 0 Å². The quantitative estimate of drug-likeness (QED) is 0.145. The summed E-state index contributed by atoms with van der Waals surface area (Å²) < 4.78 is 0. The van der Waals surface area contributed by atoms with Gasteiger partial charge in [0.1, 0.15) is 0 Å². The monoisotopic (exact) mass is 856 g/mol. The Bertz CT molecular complexity index is 972. The van der Waals surface area contributed by atoms with Crippen molar-refractivity contribution >= 4 is 56.9 Å². The molecule has 0 saturated carbocycles. The molecule has 32 heavy (non-hydrogen) atoms. The first kappa shape index (κ1) is 29.7. The molecule has 0 heterocycles. The van der Waals surface area contributed by atoms with Crippen LogP contribution in [-0.4, -0.2) is 0 Å². The Hall–Kier alpha value is -0.339. The van der Waals surface area contributed by atoms with Crippen LogP contribution in [0.2, 0.25) is 0 Å². The molecule has 6 heteroatoms. The van der Waals surface area contributed by atoms with E-state index in [-0.39, 0.29) is 44.8 Å². The molecular formula is C26H24Au2P2S2. The van der Waals surface area contributed by atoms with E-state index in [2.05, 4.69) is 61.9 Å². The maximum Gasteiger partial charge on any atom is 1.00 e. The number of benzene rings is 4. The van der Waals surface area contributed by atoms with Crippen LogP contribution in [-0.2, 0) is 68.4 Å². The van der Waals surface area contributed by atoms with Crippen LogP contribution in [0.25, 0.3) is 0 Å². The Labute approximate surface area is 234 Å². The summed E-state index contributed by atoms with van der Waals surface area (Å²) in [5.74, 6) is 0. The Morgan fingerprint density at radius 3 is 0.688 bits per heavy atom. The zero-order valence-corrected chi connectivity index (χ0v) is 25.0. The number of hydrogen-bond acceptors (Lipinski definition) is 2. The average Bonchev–Trinajstić information content (AvgIpc) is 2.82. The van der Waals surface area contributed by atoms with Gasteiger partial charge in [-0.2, -0.15) is 0 Å². The minimum Gasteiger partial charge on any atom is -0.297 e. The largest absolute Gasteiger partial charge is 1.00 e. The van der Waals surface area contributed by atoms with Crippen LogP contribution in [0.3, 0.4) is 0 Å². The molecule has 0 unspecified atom stereocenters. The Kier molecular flexibility index (Phi) is 13.1. The molecule has 0 aliphatic carbocycles. The summed E-state index contributed by atoms with van der Waals surface area (Å²) in [5.41, 5.74) is 0. The number of hydrogen-bond donors (Lipinski definition) is 0. The van der Waals surface area contributed by atoms with E-state index >= 15 is 0 Å². The zero-order valence-electron chi connectivity index (χ0n) is 17.3. The van der Waals surface area contributed by atoms with Gasteiger partial charge in [-0.25, -0.2) is 0 Å². The fourth-order valence-corrected chi connectivity index (χ4v) is 7.65. The summed E-state index contributed by atoms with van der Waals surface area (Å²) in [6.45, 7) is 8.47. The molecule has 4 rings (SSSR count). The van der Waals surface area contributed by atoms with Gasteiger partial charge in [0, 0.05) is 0 Å². The minimum atomic E-state index is -1.81. The van der Waals surface area contributed by atoms with Gasteiger partial charge >= 0.3 is 44.8 Å². The van der Waals surface area contributed by atoms with Gasteiger partial charge in [-0.05, 0) is 21.2 Å². The van der Waals surface area contributed by atoms with E-state index in [0.29, 0.717) is 0 Å². The fourth-order valence-electron chi connectivity index (χ4n) is 2.97. The van der Waals surface area contributed by atoms with Gasteiger partial charge in [-0.3, -0.25) is 13.3 Å². The molecule has 0 fully saturated rings. The Balaban J connectivity index is 0.000000301. The van der Waals surface area contributed by atoms with E-state index in [1.165, 1.54) is 21.2 Å². The average molecular weight is 856 g/mol. The van der Waals surface area contributed by atoms with Crippen LogP contribution in [0, 0.1) is 13.3 Å². The van der Waals surface area contributed by atoms with E-state index in [1.54, 1.807) is 0 Å². The number of rotatable bonds is 4. The van der Waals surface area contributed by atoms with Crippen LogP contribution >= 0.6 is 12.1 Å². The molecule has 0 aromatic heterocycles. The van der Waals surface area contributed by atoms with Crippen molar-refractivity contribution in [1.29, 1.82) is 0 Å². The Morgan fingerprint density at radius 2 is 0.531 bits per heavy atom. The predicted octanol–water partition coefficient (Wildman–Crippen LogP) is 5.81. The summed E-state index contributed by atoms with van der Waals surface area (Å²) in [7, 11) is 0. The summed E-state index contributed by atoms with van der Waals surface area (Å²) >= 11 is 11.4. The third-order valence-corrected chi connectivity index (χ3v) is 11.8. The van der Waals surface area contributed by atoms with Gasteiger partial charge in [-0.15, -0.1) is 35.7 Å². The molecule has 0 radical (unpaired) electrons. The van der Waals surface area contributed by atoms with E-state index < -0.39 is 12.1 Å². The Morgan fingerprint density at radius 1 is 0.375 bits per heavy atom. The van der Waals surface area contributed by atoms with E-state index in [4.69, 9.17) is 23.6 Å². The standard InChI is InChI=1S/2C13H12PS.2Au/c2*1-14(15,12-8-4-2-5-9-12)13-10-6-3-7-11-13;;/h2*2-11H,1H2;;/q2*-1;2*+1. The molecule has 0 bridgehead atoms. The second kappa shape index (κ2) is 14.2. The van der Waals surface area contributed by atoms with Gasteiger partial charge in [0.2, 0.25) is 0 Å². The van der Waals surface area contributed by atoms with Gasteiger partial charge in [0.25, 0.3) is 0 Å². The minimum absolute atomic E-state index is 0. The predicted molar refractivity (Wildman–Crippen MR) is 144 cm³/mol. The summed E-state index contributed by atoms with van der Waals surface area (Å²) in [6, 6.07) is 37.1. The molecule has 0 aliphatic heterocycles. The van der Waals surface area contributed by atoms with E-state index in [0.717, 1.165) is 0 Å². The SMILES string of the molecule is [Au+].[Au+].[CH2-]P(=S)(c1ccccc1)c1ccccc1.[CH2-]P(=S)(c1ccccc1)c1ccccc1. The second-order valence-electron chi connectivity index (χ2n) is 6.82. The molecule has 0 atom stereocenters. The van der Waals surface area contributed by atoms with Crippen molar-refractivity contribution < 1.29 is 44.8 Å². The third kappa shape index (κ3) is 7.86. The molecule has 4 aromatic rings. The molecule has 172 valence electrons. The maximum atomic E-state index is 5.68. The van der Waals surface area contributed by atoms with Crippen molar-refractivity contribution in [1.82, 2.24) is 0 Å². The van der Waals surface area contributed by atoms with Crippen molar-refractivity contribution in [3.8, 4) is 0 Å². The first-order chi connectivity index (χ1) is 14.4. The van der Waals surface area contributed by atoms with Gasteiger partial charge in [-0.1, -0.05) is 121 Å². The van der Waals surface area contributed by atoms with Crippen LogP contribution < -0.4 is 21.2 Å². The van der Waals surface area contributed by atoms with Gasteiger partial charge in [0.15, 0.2) is 0 Å². The molecular weight excluding hydrogens is 832 g/mol. The molecule has 0 saturated heterocycles. The van der Waals surface area contributed by atoms with Crippen LogP contribution in [0.15, 0.2) is 121 Å². The smallest absolute Gasteiger partial charge is 0.297 e. The fraction of sp³-hybridized carbons (Fsp3) is 0. The first-order valence-corrected chi connectivity index (χ1v) is 15.5. The summed E-state index contributed by atoms with van der Waals surface area (Å²) in [4.78, 5) is 0. The molecule has 0 nitrogen and oxygen atoms in total. The van der Waals surface area contributed by atoms with Crippen molar-refractivity contribution in [3.63, 3.8) is 0 Å². The maximum absolute atomic E-state index is 5.68. The van der Waals surface area contributed by atoms with Crippen LogP contribution in [0.5, 0.6) is 0 Å². The molecule has 0 spiro atoms. The van der Waals surface area contributed by atoms with Crippen molar-refractivity contribution in [2.24, 2.45) is 0 Å². The first-order valence-electron chi connectivity index (χ1n) is 9.53. The van der Waals surface area contributed by atoms with Gasteiger partial charge < -0.3 is 0 Å². The molecule has 0 N–H and O–H groups in total. The van der Waals surface area contributed by atoms with E-state index in [1.807, 2.05) is 72.8 Å². The third-order valence-electron chi connectivity index (χ3n) is 4.69. The second-order valence-corrected chi connectivity index (χ2v) is 15.6. The summed E-state index contributed by atoms with van der Waals surface area (Å²) in [5, 5.41) is 4.69. The normalized spacial score (nSPS) is 10.6. The molecule has 0 amide bonds. The van der Waals surface area contributed by atoms with Crippen LogP contribution in [0.4, 0.5) is 0 Å². The summed E-state index contributed by atoms with van der Waals surface area (Å²) in [6.07, 6.45) is 0. The molecule has 4 aromatic carbocycles.